The van der Waals surface area contributed by atoms with Gasteiger partial charge in [-0.1, -0.05) is 20.8 Å². The number of aromatic carboxylic acids is 1. The Kier molecular flexibility index (Phi) is 5.75. The first kappa shape index (κ1) is 21.0. The number of isocyanates is 1. The van der Waals surface area contributed by atoms with Crippen molar-refractivity contribution in [2.24, 2.45) is 15.8 Å². The Balaban J connectivity index is 1.69. The molecule has 2 amide bonds. The minimum atomic E-state index is -0.992. The third-order valence-electron chi connectivity index (χ3n) is 5.95. The highest BCUT2D eigenvalue weighted by Gasteiger charge is 2.42. The summed E-state index contributed by atoms with van der Waals surface area (Å²) < 4.78 is 0. The van der Waals surface area contributed by atoms with E-state index in [-0.39, 0.29) is 28.5 Å². The predicted octanol–water partition coefficient (Wildman–Crippen LogP) is 2.77. The normalized spacial score (nSPS) is 25.5. The van der Waals surface area contributed by atoms with Gasteiger partial charge in [-0.2, -0.15) is 0 Å². The van der Waals surface area contributed by atoms with Crippen LogP contribution in [0.1, 0.15) is 61.5 Å². The smallest absolute Gasteiger partial charge is 0.337 e. The van der Waals surface area contributed by atoms with E-state index in [1.54, 1.807) is 17.2 Å². The van der Waals surface area contributed by atoms with Crippen LogP contribution < -0.4 is 5.32 Å². The molecule has 0 saturated heterocycles. The molecule has 0 bridgehead atoms. The fraction of sp³-hybridized carbons (Fsp3) is 0.619. The fourth-order valence-electron chi connectivity index (χ4n) is 5.20. The number of carbonyl (C=O) groups excluding carboxylic acids is 2. The lowest BCUT2D eigenvalue weighted by molar-refractivity contribution is 0.0694. The van der Waals surface area contributed by atoms with Gasteiger partial charge in [-0.05, 0) is 47.6 Å². The van der Waals surface area contributed by atoms with Crippen LogP contribution in [0.15, 0.2) is 17.4 Å². The molecular formula is C21H28N4O4. The maximum atomic E-state index is 12.9. The fourth-order valence-corrected chi connectivity index (χ4v) is 5.20. The topological polar surface area (TPSA) is 112 Å². The number of carboxylic acids is 1. The summed E-state index contributed by atoms with van der Waals surface area (Å²) in [5.74, 6) is -0.992. The zero-order valence-corrected chi connectivity index (χ0v) is 17.2. The van der Waals surface area contributed by atoms with E-state index >= 15 is 0 Å². The highest BCUT2D eigenvalue weighted by molar-refractivity contribution is 5.89. The Morgan fingerprint density at radius 2 is 2.10 bits per heavy atom. The third kappa shape index (κ3) is 4.82. The van der Waals surface area contributed by atoms with Gasteiger partial charge in [-0.15, -0.1) is 0 Å². The Labute approximate surface area is 170 Å². The molecule has 8 heteroatoms. The van der Waals surface area contributed by atoms with Crippen LogP contribution >= 0.6 is 0 Å². The lowest BCUT2D eigenvalue weighted by atomic mass is 9.62. The second kappa shape index (κ2) is 7.95. The van der Waals surface area contributed by atoms with Crippen molar-refractivity contribution in [2.75, 3.05) is 13.1 Å². The van der Waals surface area contributed by atoms with E-state index in [1.807, 2.05) is 0 Å². The van der Waals surface area contributed by atoms with Gasteiger partial charge < -0.3 is 15.3 Å². The molecule has 1 saturated carbocycles. The van der Waals surface area contributed by atoms with Gasteiger partial charge in [0.05, 0.1) is 12.1 Å². The molecule has 1 aromatic heterocycles. The predicted molar refractivity (Wildman–Crippen MR) is 106 cm³/mol. The standard InChI is InChI=1S/C21H28N4O4/c1-20(2)6-15(7-21(3,11-20)12-23-13-26)24-19(29)25-5-4-16-14(10-25)8-22-9-17(16)18(27)28/h8-9,15H,4-7,10-12H2,1-3H3,(H,24,29)(H,27,28). The maximum absolute atomic E-state index is 12.9. The zero-order valence-electron chi connectivity index (χ0n) is 17.2. The number of urea groups is 1. The number of carbonyl (C=O) groups is 2. The molecule has 29 heavy (non-hydrogen) atoms. The average Bonchev–Trinajstić information content (AvgIpc) is 2.63. The molecule has 2 heterocycles. The zero-order chi connectivity index (χ0) is 21.2. The van der Waals surface area contributed by atoms with E-state index in [4.69, 9.17) is 0 Å². The molecule has 1 fully saturated rings. The molecule has 2 aliphatic rings. The van der Waals surface area contributed by atoms with Crippen molar-refractivity contribution in [1.82, 2.24) is 15.2 Å². The molecule has 8 nitrogen and oxygen atoms in total. The lowest BCUT2D eigenvalue weighted by Crippen LogP contribution is -2.52. The van der Waals surface area contributed by atoms with Crippen LogP contribution in [-0.2, 0) is 17.8 Å². The van der Waals surface area contributed by atoms with Crippen molar-refractivity contribution >= 4 is 18.1 Å². The Bertz CT molecular complexity index is 862. The van der Waals surface area contributed by atoms with E-state index in [0.29, 0.717) is 26.1 Å². The highest BCUT2D eigenvalue weighted by atomic mass is 16.4. The number of aliphatic imine (C=N–C) groups is 1. The molecule has 0 spiro atoms. The number of nitrogens with one attached hydrogen (secondary N) is 1. The highest BCUT2D eigenvalue weighted by Crippen LogP contribution is 2.46. The molecule has 1 aliphatic carbocycles. The van der Waals surface area contributed by atoms with E-state index in [0.717, 1.165) is 30.4 Å². The van der Waals surface area contributed by atoms with E-state index in [9.17, 15) is 19.5 Å². The van der Waals surface area contributed by atoms with E-state index in [1.165, 1.54) is 6.20 Å². The Morgan fingerprint density at radius 1 is 1.34 bits per heavy atom. The minimum Gasteiger partial charge on any atom is -0.478 e. The largest absolute Gasteiger partial charge is 0.478 e. The van der Waals surface area contributed by atoms with Crippen molar-refractivity contribution in [3.05, 3.63) is 29.1 Å². The van der Waals surface area contributed by atoms with Gasteiger partial charge in [-0.3, -0.25) is 4.98 Å². The monoisotopic (exact) mass is 400 g/mol. The summed E-state index contributed by atoms with van der Waals surface area (Å²) in [7, 11) is 0. The van der Waals surface area contributed by atoms with Crippen molar-refractivity contribution in [3.63, 3.8) is 0 Å². The quantitative estimate of drug-likeness (QED) is 0.596. The van der Waals surface area contributed by atoms with Crippen LogP contribution in [-0.4, -0.2) is 52.2 Å². The van der Waals surface area contributed by atoms with Crippen molar-refractivity contribution < 1.29 is 19.5 Å². The summed E-state index contributed by atoms with van der Waals surface area (Å²) >= 11 is 0. The SMILES string of the molecule is CC1(C)CC(NC(=O)N2CCc3c(cncc3C(=O)O)C2)CC(C)(CN=C=O)C1. The molecule has 2 atom stereocenters. The van der Waals surface area contributed by atoms with Gasteiger partial charge in [0.25, 0.3) is 0 Å². The van der Waals surface area contributed by atoms with Crippen LogP contribution in [0.4, 0.5) is 4.79 Å². The molecule has 0 radical (unpaired) electrons. The molecule has 2 N–H and O–H groups in total. The Hall–Kier alpha value is -2.73. The van der Waals surface area contributed by atoms with Crippen LogP contribution in [0.2, 0.25) is 0 Å². The number of carboxylic acid groups (broad SMARTS) is 1. The van der Waals surface area contributed by atoms with Crippen LogP contribution in [0, 0.1) is 10.8 Å². The average molecular weight is 400 g/mol. The summed E-state index contributed by atoms with van der Waals surface area (Å²) in [6, 6.07) is -0.164. The molecule has 1 aromatic rings. The summed E-state index contributed by atoms with van der Waals surface area (Å²) in [6.45, 7) is 7.66. The van der Waals surface area contributed by atoms with Gasteiger partial charge >= 0.3 is 12.0 Å². The molecule has 3 rings (SSSR count). The first-order valence-electron chi connectivity index (χ1n) is 9.91. The van der Waals surface area contributed by atoms with Gasteiger partial charge in [-0.25, -0.2) is 19.4 Å². The van der Waals surface area contributed by atoms with Crippen LogP contribution in [0.5, 0.6) is 0 Å². The second-order valence-corrected chi connectivity index (χ2v) is 9.42. The van der Waals surface area contributed by atoms with Gasteiger partial charge in [0.1, 0.15) is 0 Å². The molecule has 1 aliphatic heterocycles. The number of hydrogen-bond acceptors (Lipinski definition) is 5. The summed E-state index contributed by atoms with van der Waals surface area (Å²) in [5.41, 5.74) is 1.61. The van der Waals surface area contributed by atoms with Gasteiger partial charge in [0.15, 0.2) is 0 Å². The summed E-state index contributed by atoms with van der Waals surface area (Å²) in [4.78, 5) is 44.4. The lowest BCUT2D eigenvalue weighted by Gasteiger charge is -2.46. The van der Waals surface area contributed by atoms with Gasteiger partial charge in [0, 0.05) is 31.5 Å². The third-order valence-corrected chi connectivity index (χ3v) is 5.95. The molecule has 0 aromatic carbocycles. The molecular weight excluding hydrogens is 372 g/mol. The van der Waals surface area contributed by atoms with Crippen LogP contribution in [0.25, 0.3) is 0 Å². The number of aromatic nitrogens is 1. The number of pyridine rings is 1. The van der Waals surface area contributed by atoms with Crippen LogP contribution in [0.3, 0.4) is 0 Å². The molecule has 2 unspecified atom stereocenters. The first-order chi connectivity index (χ1) is 13.6. The number of rotatable bonds is 4. The second-order valence-electron chi connectivity index (χ2n) is 9.42. The molecule has 156 valence electrons. The van der Waals surface area contributed by atoms with E-state index < -0.39 is 5.97 Å². The number of nitrogens with zero attached hydrogens (tertiary/aromatic N) is 3. The summed E-state index contributed by atoms with van der Waals surface area (Å²) in [5, 5.41) is 12.5. The number of hydrogen-bond donors (Lipinski definition) is 2. The van der Waals surface area contributed by atoms with Crippen molar-refractivity contribution in [2.45, 2.75) is 59.0 Å². The first-order valence-corrected chi connectivity index (χ1v) is 9.91. The van der Waals surface area contributed by atoms with E-state index in [2.05, 4.69) is 36.1 Å². The minimum absolute atomic E-state index is 0.0111. The number of amides is 2. The van der Waals surface area contributed by atoms with Gasteiger partial charge in [0.2, 0.25) is 6.08 Å². The Morgan fingerprint density at radius 3 is 2.79 bits per heavy atom. The van der Waals surface area contributed by atoms with Crippen molar-refractivity contribution in [3.8, 4) is 0 Å². The number of fused-ring (bicyclic) bond motifs is 1. The summed E-state index contributed by atoms with van der Waals surface area (Å²) in [6.07, 6.45) is 7.66. The van der Waals surface area contributed by atoms with Crippen molar-refractivity contribution in [1.29, 1.82) is 0 Å². The maximum Gasteiger partial charge on any atom is 0.337 e.